The molecule has 1 fully saturated rings. The standard InChI is InChI=1S/C17H25FN4O2/c1-12(2)9-20-17(24)22-7-3-4-13(11-22)8-16(23)21-15-6-5-14(18)10-19-15/h5-6,10,12-13H,3-4,7-9,11H2,1-2H3,(H,20,24)(H,19,21,23)/t13-/m0/s1. The summed E-state index contributed by atoms with van der Waals surface area (Å²) in [6, 6.07) is 2.62. The van der Waals surface area contributed by atoms with Gasteiger partial charge in [-0.25, -0.2) is 14.2 Å². The molecule has 2 N–H and O–H groups in total. The molecule has 0 radical (unpaired) electrons. The van der Waals surface area contributed by atoms with Crippen LogP contribution in [0, 0.1) is 17.7 Å². The largest absolute Gasteiger partial charge is 0.338 e. The summed E-state index contributed by atoms with van der Waals surface area (Å²) >= 11 is 0. The summed E-state index contributed by atoms with van der Waals surface area (Å²) in [5.74, 6) is 0.267. The molecular formula is C17H25FN4O2. The Hall–Kier alpha value is -2.18. The molecule has 2 rings (SSSR count). The van der Waals surface area contributed by atoms with E-state index < -0.39 is 5.82 Å². The highest BCUT2D eigenvalue weighted by Crippen LogP contribution is 2.20. The predicted molar refractivity (Wildman–Crippen MR) is 90.0 cm³/mol. The van der Waals surface area contributed by atoms with E-state index in [0.717, 1.165) is 25.6 Å². The summed E-state index contributed by atoms with van der Waals surface area (Å²) in [6.45, 7) is 6.05. The lowest BCUT2D eigenvalue weighted by Gasteiger charge is -2.32. The van der Waals surface area contributed by atoms with Gasteiger partial charge in [0.1, 0.15) is 11.6 Å². The number of anilines is 1. The Morgan fingerprint density at radius 3 is 2.88 bits per heavy atom. The van der Waals surface area contributed by atoms with Crippen LogP contribution in [-0.4, -0.2) is 41.5 Å². The number of urea groups is 1. The molecule has 0 saturated carbocycles. The number of rotatable bonds is 5. The topological polar surface area (TPSA) is 74.3 Å². The number of nitrogens with zero attached hydrogens (tertiary/aromatic N) is 2. The molecule has 0 spiro atoms. The number of pyridine rings is 1. The van der Waals surface area contributed by atoms with Crippen LogP contribution in [0.3, 0.4) is 0 Å². The van der Waals surface area contributed by atoms with Crippen LogP contribution in [0.4, 0.5) is 15.0 Å². The zero-order valence-electron chi connectivity index (χ0n) is 14.2. The van der Waals surface area contributed by atoms with Gasteiger partial charge in [-0.15, -0.1) is 0 Å². The number of halogens is 1. The minimum Gasteiger partial charge on any atom is -0.338 e. The quantitative estimate of drug-likeness (QED) is 0.868. The lowest BCUT2D eigenvalue weighted by molar-refractivity contribution is -0.117. The van der Waals surface area contributed by atoms with Crippen LogP contribution in [0.5, 0.6) is 0 Å². The van der Waals surface area contributed by atoms with Gasteiger partial charge in [-0.3, -0.25) is 4.79 Å². The van der Waals surface area contributed by atoms with Crippen LogP contribution in [-0.2, 0) is 4.79 Å². The molecule has 1 saturated heterocycles. The lowest BCUT2D eigenvalue weighted by Crippen LogP contribution is -2.46. The van der Waals surface area contributed by atoms with Crippen molar-refractivity contribution in [2.45, 2.75) is 33.1 Å². The highest BCUT2D eigenvalue weighted by atomic mass is 19.1. The molecule has 132 valence electrons. The number of likely N-dealkylation sites (tertiary alicyclic amines) is 1. The first kappa shape index (κ1) is 18.2. The number of hydrogen-bond donors (Lipinski definition) is 2. The zero-order valence-corrected chi connectivity index (χ0v) is 14.2. The van der Waals surface area contributed by atoms with Crippen LogP contribution >= 0.6 is 0 Å². The van der Waals surface area contributed by atoms with E-state index in [2.05, 4.69) is 15.6 Å². The van der Waals surface area contributed by atoms with Gasteiger partial charge < -0.3 is 15.5 Å². The maximum absolute atomic E-state index is 12.8. The van der Waals surface area contributed by atoms with Crippen LogP contribution in [0.25, 0.3) is 0 Å². The van der Waals surface area contributed by atoms with Crippen molar-refractivity contribution < 1.29 is 14.0 Å². The number of carbonyl (C=O) groups is 2. The Kier molecular flexibility index (Phi) is 6.52. The Bertz CT molecular complexity index is 562. The first-order chi connectivity index (χ1) is 11.4. The van der Waals surface area contributed by atoms with E-state index in [1.807, 2.05) is 13.8 Å². The fraction of sp³-hybridized carbons (Fsp3) is 0.588. The fourth-order valence-corrected chi connectivity index (χ4v) is 2.73. The fourth-order valence-electron chi connectivity index (χ4n) is 2.73. The zero-order chi connectivity index (χ0) is 17.5. The van der Waals surface area contributed by atoms with Crippen molar-refractivity contribution in [3.8, 4) is 0 Å². The molecule has 0 bridgehead atoms. The van der Waals surface area contributed by atoms with E-state index in [-0.39, 0.29) is 17.9 Å². The highest BCUT2D eigenvalue weighted by molar-refractivity contribution is 5.89. The van der Waals surface area contributed by atoms with Gasteiger partial charge in [0, 0.05) is 26.1 Å². The second-order valence-electron chi connectivity index (χ2n) is 6.65. The van der Waals surface area contributed by atoms with E-state index in [0.29, 0.717) is 31.2 Å². The third kappa shape index (κ3) is 5.79. The smallest absolute Gasteiger partial charge is 0.317 e. The molecule has 1 aliphatic heterocycles. The van der Waals surface area contributed by atoms with Gasteiger partial charge in [0.15, 0.2) is 0 Å². The Balaban J connectivity index is 1.80. The molecule has 24 heavy (non-hydrogen) atoms. The minimum absolute atomic E-state index is 0.0611. The third-order valence-electron chi connectivity index (χ3n) is 3.94. The predicted octanol–water partition coefficient (Wildman–Crippen LogP) is 2.63. The van der Waals surface area contributed by atoms with Crippen molar-refractivity contribution in [2.75, 3.05) is 25.0 Å². The first-order valence-electron chi connectivity index (χ1n) is 8.38. The van der Waals surface area contributed by atoms with Crippen LogP contribution < -0.4 is 10.6 Å². The summed E-state index contributed by atoms with van der Waals surface area (Å²) in [5, 5.41) is 5.58. The average Bonchev–Trinajstić information content (AvgIpc) is 2.55. The number of hydrogen-bond acceptors (Lipinski definition) is 3. The highest BCUT2D eigenvalue weighted by Gasteiger charge is 2.25. The van der Waals surface area contributed by atoms with Crippen LogP contribution in [0.1, 0.15) is 33.1 Å². The summed E-state index contributed by atoms with van der Waals surface area (Å²) in [7, 11) is 0. The van der Waals surface area contributed by atoms with Crippen LogP contribution in [0.15, 0.2) is 18.3 Å². The number of piperidine rings is 1. The van der Waals surface area contributed by atoms with Gasteiger partial charge in [0.2, 0.25) is 5.91 Å². The van der Waals surface area contributed by atoms with Crippen molar-refractivity contribution in [3.05, 3.63) is 24.1 Å². The van der Waals surface area contributed by atoms with Gasteiger partial charge in [-0.05, 0) is 36.8 Å². The molecule has 6 nitrogen and oxygen atoms in total. The van der Waals surface area contributed by atoms with Crippen molar-refractivity contribution in [2.24, 2.45) is 11.8 Å². The van der Waals surface area contributed by atoms with Gasteiger partial charge in [0.25, 0.3) is 0 Å². The van der Waals surface area contributed by atoms with Gasteiger partial charge >= 0.3 is 6.03 Å². The van der Waals surface area contributed by atoms with E-state index in [4.69, 9.17) is 0 Å². The number of amides is 3. The molecule has 0 aromatic carbocycles. The van der Waals surface area contributed by atoms with Gasteiger partial charge in [0.05, 0.1) is 6.20 Å². The SMILES string of the molecule is CC(C)CNC(=O)N1CCC[C@@H](CC(=O)Nc2ccc(F)cn2)C1. The molecule has 3 amide bonds. The first-order valence-corrected chi connectivity index (χ1v) is 8.38. The second-order valence-corrected chi connectivity index (χ2v) is 6.65. The molecule has 1 atom stereocenters. The van der Waals surface area contributed by atoms with Crippen molar-refractivity contribution in [3.63, 3.8) is 0 Å². The normalized spacial score (nSPS) is 17.7. The summed E-state index contributed by atoms with van der Waals surface area (Å²) < 4.78 is 12.8. The number of aromatic nitrogens is 1. The molecule has 1 aromatic rings. The molecular weight excluding hydrogens is 311 g/mol. The average molecular weight is 336 g/mol. The van der Waals surface area contributed by atoms with Gasteiger partial charge in [-0.2, -0.15) is 0 Å². The number of carbonyl (C=O) groups excluding carboxylic acids is 2. The van der Waals surface area contributed by atoms with E-state index in [1.54, 1.807) is 4.90 Å². The minimum atomic E-state index is -0.441. The maximum Gasteiger partial charge on any atom is 0.317 e. The molecule has 1 aliphatic rings. The maximum atomic E-state index is 12.8. The Morgan fingerprint density at radius 1 is 1.42 bits per heavy atom. The Morgan fingerprint density at radius 2 is 2.21 bits per heavy atom. The summed E-state index contributed by atoms with van der Waals surface area (Å²) in [6.07, 6.45) is 3.20. The molecule has 7 heteroatoms. The van der Waals surface area contributed by atoms with Crippen molar-refractivity contribution in [1.82, 2.24) is 15.2 Å². The van der Waals surface area contributed by atoms with E-state index in [1.165, 1.54) is 12.1 Å². The third-order valence-corrected chi connectivity index (χ3v) is 3.94. The van der Waals surface area contributed by atoms with Gasteiger partial charge in [-0.1, -0.05) is 13.8 Å². The lowest BCUT2D eigenvalue weighted by atomic mass is 9.94. The van der Waals surface area contributed by atoms with E-state index >= 15 is 0 Å². The van der Waals surface area contributed by atoms with Crippen molar-refractivity contribution >= 4 is 17.8 Å². The van der Waals surface area contributed by atoms with E-state index in [9.17, 15) is 14.0 Å². The Labute approximate surface area is 141 Å². The second kappa shape index (κ2) is 8.61. The molecule has 0 unspecified atom stereocenters. The molecule has 2 heterocycles. The van der Waals surface area contributed by atoms with Crippen LogP contribution in [0.2, 0.25) is 0 Å². The van der Waals surface area contributed by atoms with Crippen molar-refractivity contribution in [1.29, 1.82) is 0 Å². The summed E-state index contributed by atoms with van der Waals surface area (Å²) in [5.41, 5.74) is 0. The molecule has 0 aliphatic carbocycles. The monoisotopic (exact) mass is 336 g/mol. The molecule has 1 aromatic heterocycles. The summed E-state index contributed by atoms with van der Waals surface area (Å²) in [4.78, 5) is 29.8. The number of nitrogens with one attached hydrogen (secondary N) is 2.